The van der Waals surface area contributed by atoms with Gasteiger partial charge in [-0.05, 0) is 29.8 Å². The molecule has 0 radical (unpaired) electrons. The Kier molecular flexibility index (Phi) is 5.63. The first kappa shape index (κ1) is 17.2. The van der Waals surface area contributed by atoms with Crippen LogP contribution in [0.5, 0.6) is 17.2 Å². The Bertz CT molecular complexity index is 781. The molecule has 124 valence electrons. The van der Waals surface area contributed by atoms with Gasteiger partial charge in [0, 0.05) is 6.54 Å². The molecule has 0 heterocycles. The molecule has 6 heteroatoms. The minimum absolute atomic E-state index is 0.297. The normalized spacial score (nSPS) is 9.75. The van der Waals surface area contributed by atoms with Crippen molar-refractivity contribution in [3.05, 3.63) is 53.1 Å². The van der Waals surface area contributed by atoms with Crippen molar-refractivity contribution < 1.29 is 19.0 Å². The zero-order valence-electron chi connectivity index (χ0n) is 13.8. The summed E-state index contributed by atoms with van der Waals surface area (Å²) in [5, 5.41) is 11.7. The van der Waals surface area contributed by atoms with Crippen molar-refractivity contribution in [1.29, 1.82) is 5.26 Å². The van der Waals surface area contributed by atoms with Crippen LogP contribution in [0.4, 0.5) is 0 Å². The predicted octanol–water partition coefficient (Wildman–Crippen LogP) is 2.51. The molecule has 0 spiro atoms. The second kappa shape index (κ2) is 7.88. The molecule has 0 aliphatic heterocycles. The third kappa shape index (κ3) is 3.58. The summed E-state index contributed by atoms with van der Waals surface area (Å²) < 4.78 is 15.8. The first-order valence-electron chi connectivity index (χ1n) is 7.20. The lowest BCUT2D eigenvalue weighted by Crippen LogP contribution is -2.23. The summed E-state index contributed by atoms with van der Waals surface area (Å²) >= 11 is 0. The number of carbonyl (C=O) groups excluding carboxylic acids is 1. The van der Waals surface area contributed by atoms with E-state index in [2.05, 4.69) is 11.4 Å². The van der Waals surface area contributed by atoms with Gasteiger partial charge in [0.15, 0.2) is 11.5 Å². The fraction of sp³-hybridized carbons (Fsp3) is 0.222. The number of rotatable bonds is 6. The number of carbonyl (C=O) groups is 1. The van der Waals surface area contributed by atoms with Crippen LogP contribution >= 0.6 is 0 Å². The molecule has 0 aliphatic carbocycles. The number of methoxy groups -OCH3 is 3. The van der Waals surface area contributed by atoms with Crippen LogP contribution in [0.2, 0.25) is 0 Å². The lowest BCUT2D eigenvalue weighted by Gasteiger charge is -2.15. The second-order valence-electron chi connectivity index (χ2n) is 4.88. The summed E-state index contributed by atoms with van der Waals surface area (Å²) in [4.78, 5) is 12.5. The number of hydrogen-bond donors (Lipinski definition) is 1. The predicted molar refractivity (Wildman–Crippen MR) is 88.4 cm³/mol. The van der Waals surface area contributed by atoms with Crippen molar-refractivity contribution in [3.63, 3.8) is 0 Å². The molecule has 6 nitrogen and oxygen atoms in total. The number of amides is 1. The summed E-state index contributed by atoms with van der Waals surface area (Å²) in [5.74, 6) is 0.835. The van der Waals surface area contributed by atoms with E-state index in [0.717, 1.165) is 5.56 Å². The van der Waals surface area contributed by atoms with Crippen LogP contribution in [0.25, 0.3) is 0 Å². The highest BCUT2D eigenvalue weighted by atomic mass is 16.5. The number of nitrogens with zero attached hydrogens (tertiary/aromatic N) is 1. The van der Waals surface area contributed by atoms with Crippen molar-refractivity contribution in [1.82, 2.24) is 5.32 Å². The second-order valence-corrected chi connectivity index (χ2v) is 4.88. The van der Waals surface area contributed by atoms with Crippen LogP contribution in [0.1, 0.15) is 21.5 Å². The molecule has 0 atom stereocenters. The summed E-state index contributed by atoms with van der Waals surface area (Å²) in [7, 11) is 4.46. The van der Waals surface area contributed by atoms with Crippen molar-refractivity contribution in [2.75, 3.05) is 21.3 Å². The van der Waals surface area contributed by atoms with Gasteiger partial charge in [-0.25, -0.2) is 0 Å². The maximum atomic E-state index is 12.5. The highest BCUT2D eigenvalue weighted by Gasteiger charge is 2.20. The van der Waals surface area contributed by atoms with Gasteiger partial charge in [0.1, 0.15) is 0 Å². The molecule has 0 unspecified atom stereocenters. The Morgan fingerprint density at radius 3 is 2.46 bits per heavy atom. The third-order valence-corrected chi connectivity index (χ3v) is 3.46. The van der Waals surface area contributed by atoms with Crippen LogP contribution in [-0.2, 0) is 6.54 Å². The molecule has 0 aromatic heterocycles. The molecule has 0 saturated heterocycles. The van der Waals surface area contributed by atoms with Gasteiger partial charge in [-0.15, -0.1) is 0 Å². The molecular formula is C18H18N2O4. The molecule has 0 bridgehead atoms. The minimum Gasteiger partial charge on any atom is -0.493 e. The first-order chi connectivity index (χ1) is 11.6. The minimum atomic E-state index is -0.310. The van der Waals surface area contributed by atoms with E-state index in [4.69, 9.17) is 19.5 Å². The standard InChI is InChI=1S/C18H18N2O4/c1-22-15-8-7-14(16(23-2)17(15)24-3)18(21)20-11-13-6-4-5-12(9-13)10-19/h4-9H,11H2,1-3H3,(H,20,21). The number of benzene rings is 2. The molecule has 1 amide bonds. The van der Waals surface area contributed by atoms with E-state index in [1.165, 1.54) is 21.3 Å². The Labute approximate surface area is 140 Å². The van der Waals surface area contributed by atoms with Gasteiger partial charge < -0.3 is 19.5 Å². The zero-order valence-corrected chi connectivity index (χ0v) is 13.8. The number of nitriles is 1. The first-order valence-corrected chi connectivity index (χ1v) is 7.20. The van der Waals surface area contributed by atoms with Crippen molar-refractivity contribution in [2.45, 2.75) is 6.54 Å². The number of nitrogens with one attached hydrogen (secondary N) is 1. The number of hydrogen-bond acceptors (Lipinski definition) is 5. The van der Waals surface area contributed by atoms with E-state index < -0.39 is 0 Å². The summed E-state index contributed by atoms with van der Waals surface area (Å²) in [6, 6.07) is 12.4. The van der Waals surface area contributed by atoms with Gasteiger partial charge in [0.25, 0.3) is 5.91 Å². The van der Waals surface area contributed by atoms with Crippen LogP contribution in [0.15, 0.2) is 36.4 Å². The van der Waals surface area contributed by atoms with Crippen LogP contribution < -0.4 is 19.5 Å². The maximum absolute atomic E-state index is 12.5. The molecule has 0 saturated carbocycles. The van der Waals surface area contributed by atoms with E-state index in [9.17, 15) is 4.79 Å². The average molecular weight is 326 g/mol. The number of ether oxygens (including phenoxy) is 3. The summed E-state index contributed by atoms with van der Waals surface area (Å²) in [5.41, 5.74) is 1.72. The van der Waals surface area contributed by atoms with Gasteiger partial charge in [-0.1, -0.05) is 12.1 Å². The molecule has 2 aromatic carbocycles. The molecule has 2 rings (SSSR count). The molecule has 2 aromatic rings. The molecule has 24 heavy (non-hydrogen) atoms. The SMILES string of the molecule is COc1ccc(C(=O)NCc2cccc(C#N)c2)c(OC)c1OC. The van der Waals surface area contributed by atoms with Crippen LogP contribution in [0.3, 0.4) is 0 Å². The van der Waals surface area contributed by atoms with Gasteiger partial charge in [0.05, 0.1) is 38.5 Å². The maximum Gasteiger partial charge on any atom is 0.255 e. The molecule has 0 fully saturated rings. The molecule has 0 aliphatic rings. The smallest absolute Gasteiger partial charge is 0.255 e. The summed E-state index contributed by atoms with van der Waals surface area (Å²) in [6.07, 6.45) is 0. The highest BCUT2D eigenvalue weighted by Crippen LogP contribution is 2.39. The lowest BCUT2D eigenvalue weighted by molar-refractivity contribution is 0.0947. The van der Waals surface area contributed by atoms with Crippen molar-refractivity contribution in [2.24, 2.45) is 0 Å². The van der Waals surface area contributed by atoms with Gasteiger partial charge in [-0.2, -0.15) is 5.26 Å². The molecular weight excluding hydrogens is 308 g/mol. The van der Waals surface area contributed by atoms with Crippen molar-refractivity contribution in [3.8, 4) is 23.3 Å². The van der Waals surface area contributed by atoms with E-state index >= 15 is 0 Å². The Morgan fingerprint density at radius 2 is 1.83 bits per heavy atom. The third-order valence-electron chi connectivity index (χ3n) is 3.46. The average Bonchev–Trinajstić information content (AvgIpc) is 2.64. The van der Waals surface area contributed by atoms with E-state index in [1.807, 2.05) is 6.07 Å². The van der Waals surface area contributed by atoms with Crippen LogP contribution in [0, 0.1) is 11.3 Å². The van der Waals surface area contributed by atoms with E-state index in [-0.39, 0.29) is 5.91 Å². The Morgan fingerprint density at radius 1 is 1.08 bits per heavy atom. The Hall–Kier alpha value is -3.20. The lowest BCUT2D eigenvalue weighted by atomic mass is 10.1. The van der Waals surface area contributed by atoms with Crippen molar-refractivity contribution >= 4 is 5.91 Å². The zero-order chi connectivity index (χ0) is 17.5. The Balaban J connectivity index is 2.22. The largest absolute Gasteiger partial charge is 0.493 e. The van der Waals surface area contributed by atoms with Crippen LogP contribution in [-0.4, -0.2) is 27.2 Å². The van der Waals surface area contributed by atoms with Gasteiger partial charge >= 0.3 is 0 Å². The highest BCUT2D eigenvalue weighted by molar-refractivity contribution is 5.98. The molecule has 1 N–H and O–H groups in total. The topological polar surface area (TPSA) is 80.6 Å². The van der Waals surface area contributed by atoms with E-state index in [0.29, 0.717) is 34.9 Å². The quantitative estimate of drug-likeness (QED) is 0.882. The monoisotopic (exact) mass is 326 g/mol. The van der Waals surface area contributed by atoms with Gasteiger partial charge in [0.2, 0.25) is 5.75 Å². The summed E-state index contributed by atoms with van der Waals surface area (Å²) in [6.45, 7) is 0.297. The fourth-order valence-electron chi connectivity index (χ4n) is 2.31. The van der Waals surface area contributed by atoms with E-state index in [1.54, 1.807) is 30.3 Å². The fourth-order valence-corrected chi connectivity index (χ4v) is 2.31. The van der Waals surface area contributed by atoms with Gasteiger partial charge in [-0.3, -0.25) is 4.79 Å².